The van der Waals surface area contributed by atoms with Crippen LogP contribution in [0.5, 0.6) is 0 Å². The lowest BCUT2D eigenvalue weighted by atomic mass is 10.1. The Labute approximate surface area is 103 Å². The Balaban J connectivity index is 2.65. The minimum absolute atomic E-state index is 0.414. The molecule has 0 fully saturated rings. The molecule has 0 radical (unpaired) electrons. The van der Waals surface area contributed by atoms with Crippen molar-refractivity contribution in [1.29, 1.82) is 0 Å². The van der Waals surface area contributed by atoms with E-state index in [9.17, 15) is 9.00 Å². The van der Waals surface area contributed by atoms with Crippen LogP contribution in [0.4, 0.5) is 11.4 Å². The lowest BCUT2D eigenvalue weighted by molar-refractivity contribution is 0.100. The van der Waals surface area contributed by atoms with Crippen molar-refractivity contribution in [3.63, 3.8) is 0 Å². The zero-order chi connectivity index (χ0) is 12.8. The molecule has 0 heterocycles. The second-order valence-corrected chi connectivity index (χ2v) is 5.28. The van der Waals surface area contributed by atoms with Gasteiger partial charge in [-0.25, -0.2) is 0 Å². The molecule has 0 aliphatic rings. The zero-order valence-electron chi connectivity index (χ0n) is 9.73. The minimum Gasteiger partial charge on any atom is -0.399 e. The highest BCUT2D eigenvalue weighted by Gasteiger charge is 2.07. The summed E-state index contributed by atoms with van der Waals surface area (Å²) in [7, 11) is -0.798. The predicted molar refractivity (Wildman–Crippen MR) is 71.4 cm³/mol. The molecule has 1 amide bonds. The maximum absolute atomic E-state index is 11.2. The summed E-state index contributed by atoms with van der Waals surface area (Å²) < 4.78 is 10.9. The van der Waals surface area contributed by atoms with E-state index in [4.69, 9.17) is 11.5 Å². The van der Waals surface area contributed by atoms with Gasteiger partial charge in [0.25, 0.3) is 5.91 Å². The Hall–Kier alpha value is -1.56. The van der Waals surface area contributed by atoms with Crippen molar-refractivity contribution in [2.24, 2.45) is 5.73 Å². The first-order valence-corrected chi connectivity index (χ1v) is 6.96. The summed E-state index contributed by atoms with van der Waals surface area (Å²) in [5.74, 6) is 0.132. The smallest absolute Gasteiger partial charge is 0.250 e. The van der Waals surface area contributed by atoms with Gasteiger partial charge in [0, 0.05) is 40.7 Å². The molecule has 1 aromatic carbocycles. The number of amides is 1. The van der Waals surface area contributed by atoms with Crippen LogP contribution < -0.4 is 16.8 Å². The molecule has 5 nitrogen and oxygen atoms in total. The van der Waals surface area contributed by atoms with E-state index >= 15 is 0 Å². The molecular weight excluding hydrogens is 238 g/mol. The Morgan fingerprint density at radius 2 is 2.18 bits per heavy atom. The number of nitrogens with two attached hydrogens (primary N) is 2. The summed E-state index contributed by atoms with van der Waals surface area (Å²) in [6.07, 6.45) is 2.42. The molecule has 0 aromatic heterocycles. The largest absolute Gasteiger partial charge is 0.399 e. The number of carbonyl (C=O) groups excluding carboxylic acids is 1. The highest BCUT2D eigenvalue weighted by atomic mass is 32.2. The summed E-state index contributed by atoms with van der Waals surface area (Å²) in [4.78, 5) is 11.2. The van der Waals surface area contributed by atoms with Gasteiger partial charge in [-0.15, -0.1) is 0 Å². The second-order valence-electron chi connectivity index (χ2n) is 3.73. The van der Waals surface area contributed by atoms with Crippen LogP contribution in [0, 0.1) is 0 Å². The fourth-order valence-corrected chi connectivity index (χ4v) is 1.97. The van der Waals surface area contributed by atoms with Gasteiger partial charge >= 0.3 is 0 Å². The zero-order valence-corrected chi connectivity index (χ0v) is 10.5. The number of hydrogen-bond acceptors (Lipinski definition) is 4. The van der Waals surface area contributed by atoms with E-state index in [1.165, 1.54) is 0 Å². The molecule has 1 rings (SSSR count). The van der Waals surface area contributed by atoms with E-state index in [-0.39, 0.29) is 0 Å². The molecule has 5 N–H and O–H groups in total. The minimum atomic E-state index is -0.798. The molecule has 1 aromatic rings. The lowest BCUT2D eigenvalue weighted by Gasteiger charge is -2.10. The molecule has 0 bridgehead atoms. The van der Waals surface area contributed by atoms with Crippen molar-refractivity contribution >= 4 is 28.1 Å². The molecule has 1 unspecified atom stereocenters. The number of benzene rings is 1. The topological polar surface area (TPSA) is 98.2 Å². The van der Waals surface area contributed by atoms with E-state index in [1.54, 1.807) is 24.5 Å². The summed E-state index contributed by atoms with van der Waals surface area (Å²) in [6.45, 7) is 0.628. The van der Waals surface area contributed by atoms with Crippen LogP contribution in [0.2, 0.25) is 0 Å². The number of nitrogen functional groups attached to an aromatic ring is 1. The second kappa shape index (κ2) is 6.24. The van der Waals surface area contributed by atoms with Crippen molar-refractivity contribution in [1.82, 2.24) is 0 Å². The SMILES string of the molecule is CS(=O)CCCNc1cc(N)ccc1C(N)=O. The number of rotatable bonds is 6. The number of primary amides is 1. The molecule has 0 spiro atoms. The molecule has 1 atom stereocenters. The maximum Gasteiger partial charge on any atom is 0.250 e. The third kappa shape index (κ3) is 4.44. The van der Waals surface area contributed by atoms with Crippen molar-refractivity contribution in [3.8, 4) is 0 Å². The Morgan fingerprint density at radius 1 is 1.47 bits per heavy atom. The highest BCUT2D eigenvalue weighted by molar-refractivity contribution is 7.84. The van der Waals surface area contributed by atoms with Crippen molar-refractivity contribution in [2.75, 3.05) is 29.6 Å². The standard InChI is InChI=1S/C11H17N3O2S/c1-17(16)6-2-5-14-10-7-8(12)3-4-9(10)11(13)15/h3-4,7,14H,2,5-6,12H2,1H3,(H2,13,15). The van der Waals surface area contributed by atoms with Crippen molar-refractivity contribution < 1.29 is 9.00 Å². The van der Waals surface area contributed by atoms with Gasteiger partial charge in [0.05, 0.1) is 5.56 Å². The van der Waals surface area contributed by atoms with Gasteiger partial charge in [0.15, 0.2) is 0 Å². The van der Waals surface area contributed by atoms with Gasteiger partial charge in [0.1, 0.15) is 0 Å². The summed E-state index contributed by atoms with van der Waals surface area (Å²) in [5, 5.41) is 3.08. The van der Waals surface area contributed by atoms with E-state index in [1.807, 2.05) is 0 Å². The number of carbonyl (C=O) groups is 1. The van der Waals surface area contributed by atoms with Crippen LogP contribution in [0.3, 0.4) is 0 Å². The Bertz CT molecular complexity index is 435. The Kier molecular flexibility index (Phi) is 4.96. The first kappa shape index (κ1) is 13.5. The fraction of sp³-hybridized carbons (Fsp3) is 0.364. The maximum atomic E-state index is 11.2. The van der Waals surface area contributed by atoms with E-state index in [0.717, 1.165) is 6.42 Å². The fourth-order valence-electron chi connectivity index (χ4n) is 1.42. The van der Waals surface area contributed by atoms with Gasteiger partial charge in [-0.1, -0.05) is 0 Å². The van der Waals surface area contributed by atoms with Crippen LogP contribution in [0.1, 0.15) is 16.8 Å². The molecule has 0 aliphatic carbocycles. The average Bonchev–Trinajstić information content (AvgIpc) is 2.23. The van der Waals surface area contributed by atoms with Crippen LogP contribution >= 0.6 is 0 Å². The van der Waals surface area contributed by atoms with E-state index in [2.05, 4.69) is 5.32 Å². The first-order valence-electron chi connectivity index (χ1n) is 5.24. The summed E-state index contributed by atoms with van der Waals surface area (Å²) in [5.41, 5.74) is 12.5. The van der Waals surface area contributed by atoms with Crippen LogP contribution in [0.25, 0.3) is 0 Å². The third-order valence-corrected chi connectivity index (χ3v) is 3.10. The van der Waals surface area contributed by atoms with Gasteiger partial charge in [-0.3, -0.25) is 9.00 Å². The normalized spacial score (nSPS) is 12.1. The Morgan fingerprint density at radius 3 is 2.76 bits per heavy atom. The van der Waals surface area contributed by atoms with E-state index in [0.29, 0.717) is 29.2 Å². The number of nitrogens with one attached hydrogen (secondary N) is 1. The van der Waals surface area contributed by atoms with Gasteiger partial charge in [-0.2, -0.15) is 0 Å². The lowest BCUT2D eigenvalue weighted by Crippen LogP contribution is -2.15. The number of hydrogen-bond donors (Lipinski definition) is 3. The predicted octanol–water partition coefficient (Wildman–Crippen LogP) is 0.548. The van der Waals surface area contributed by atoms with E-state index < -0.39 is 16.7 Å². The summed E-state index contributed by atoms with van der Waals surface area (Å²) in [6, 6.07) is 4.90. The average molecular weight is 255 g/mol. The summed E-state index contributed by atoms with van der Waals surface area (Å²) >= 11 is 0. The third-order valence-electron chi connectivity index (χ3n) is 2.23. The van der Waals surface area contributed by atoms with Gasteiger partial charge < -0.3 is 16.8 Å². The number of anilines is 2. The first-order chi connectivity index (χ1) is 8.00. The van der Waals surface area contributed by atoms with Gasteiger partial charge in [0.2, 0.25) is 0 Å². The monoisotopic (exact) mass is 255 g/mol. The van der Waals surface area contributed by atoms with Crippen molar-refractivity contribution in [3.05, 3.63) is 23.8 Å². The van der Waals surface area contributed by atoms with Crippen LogP contribution in [-0.4, -0.2) is 28.7 Å². The van der Waals surface area contributed by atoms with Gasteiger partial charge in [-0.05, 0) is 24.6 Å². The van der Waals surface area contributed by atoms with Crippen LogP contribution in [-0.2, 0) is 10.8 Å². The molecule has 0 aliphatic heterocycles. The molecular formula is C11H17N3O2S. The van der Waals surface area contributed by atoms with Crippen molar-refractivity contribution in [2.45, 2.75) is 6.42 Å². The van der Waals surface area contributed by atoms with Crippen LogP contribution in [0.15, 0.2) is 18.2 Å². The molecule has 6 heteroatoms. The quantitative estimate of drug-likeness (QED) is 0.510. The molecule has 0 saturated carbocycles. The molecule has 17 heavy (non-hydrogen) atoms. The highest BCUT2D eigenvalue weighted by Crippen LogP contribution is 2.18. The molecule has 94 valence electrons. The molecule has 0 saturated heterocycles.